The van der Waals surface area contributed by atoms with E-state index in [2.05, 4.69) is 24.1 Å². The summed E-state index contributed by atoms with van der Waals surface area (Å²) in [6.07, 6.45) is 0. The summed E-state index contributed by atoms with van der Waals surface area (Å²) in [7, 11) is 0. The minimum atomic E-state index is -0.307. The lowest BCUT2D eigenvalue weighted by molar-refractivity contribution is -0.115. The van der Waals surface area contributed by atoms with Crippen molar-refractivity contribution >= 4 is 34.5 Å². The Morgan fingerprint density at radius 1 is 1.08 bits per heavy atom. The molecule has 1 N–H and O–H groups in total. The van der Waals surface area contributed by atoms with Gasteiger partial charge in [0, 0.05) is 5.69 Å². The van der Waals surface area contributed by atoms with Gasteiger partial charge in [0.25, 0.3) is 5.22 Å². The first-order valence-corrected chi connectivity index (χ1v) is 8.84. The molecule has 0 saturated carbocycles. The van der Waals surface area contributed by atoms with Gasteiger partial charge < -0.3 is 9.73 Å². The quantitative estimate of drug-likeness (QED) is 0.659. The summed E-state index contributed by atoms with van der Waals surface area (Å²) in [6, 6.07) is 15.5. The molecule has 1 amide bonds. The molecule has 1 unspecified atom stereocenters. The topological polar surface area (TPSA) is 55.1 Å². The molecule has 3 rings (SSSR count). The molecule has 0 fully saturated rings. The number of hydrogen-bond acceptors (Lipinski definition) is 4. The van der Waals surface area contributed by atoms with Crippen LogP contribution in [0, 0.1) is 0 Å². The van der Waals surface area contributed by atoms with Crippen LogP contribution in [0.5, 0.6) is 0 Å². The maximum atomic E-state index is 12.5. The van der Waals surface area contributed by atoms with Crippen molar-refractivity contribution in [2.24, 2.45) is 0 Å². The van der Waals surface area contributed by atoms with Crippen molar-refractivity contribution in [1.82, 2.24) is 4.98 Å². The van der Waals surface area contributed by atoms with E-state index in [1.54, 1.807) is 0 Å². The van der Waals surface area contributed by atoms with Crippen LogP contribution in [0.3, 0.4) is 0 Å². The van der Waals surface area contributed by atoms with E-state index in [1.165, 1.54) is 11.8 Å². The minimum absolute atomic E-state index is 0.0599. The van der Waals surface area contributed by atoms with Crippen LogP contribution in [0.4, 0.5) is 5.69 Å². The number of benzene rings is 2. The molecule has 4 nitrogen and oxygen atoms in total. The molecule has 0 saturated heterocycles. The molecule has 0 aliphatic rings. The standard InChI is InChI=1S/C19H20N2O2S/c1-12(2)14-8-4-5-9-15(14)20-18(22)13(3)24-19-21-16-10-6-7-11-17(16)23-19/h4-13H,1-3H3,(H,20,22). The van der Waals surface area contributed by atoms with Crippen LogP contribution >= 0.6 is 11.8 Å². The molecule has 24 heavy (non-hydrogen) atoms. The average molecular weight is 340 g/mol. The second-order valence-electron chi connectivity index (χ2n) is 5.94. The molecule has 0 aliphatic heterocycles. The van der Waals surface area contributed by atoms with Crippen molar-refractivity contribution in [3.8, 4) is 0 Å². The van der Waals surface area contributed by atoms with Gasteiger partial charge in [-0.15, -0.1) is 0 Å². The zero-order chi connectivity index (χ0) is 17.1. The van der Waals surface area contributed by atoms with Gasteiger partial charge in [0.2, 0.25) is 5.91 Å². The number of rotatable bonds is 5. The molecule has 1 heterocycles. The Kier molecular flexibility index (Phi) is 4.90. The monoisotopic (exact) mass is 340 g/mol. The highest BCUT2D eigenvalue weighted by Gasteiger charge is 2.19. The lowest BCUT2D eigenvalue weighted by Crippen LogP contribution is -2.23. The molecule has 0 aliphatic carbocycles. The first-order valence-electron chi connectivity index (χ1n) is 7.96. The van der Waals surface area contributed by atoms with Crippen molar-refractivity contribution in [2.45, 2.75) is 37.2 Å². The third-order valence-corrected chi connectivity index (χ3v) is 4.71. The number of nitrogens with zero attached hydrogens (tertiary/aromatic N) is 1. The molecular weight excluding hydrogens is 320 g/mol. The number of hydrogen-bond donors (Lipinski definition) is 1. The van der Waals surface area contributed by atoms with Crippen molar-refractivity contribution in [3.63, 3.8) is 0 Å². The van der Waals surface area contributed by atoms with Gasteiger partial charge in [-0.1, -0.05) is 55.9 Å². The van der Waals surface area contributed by atoms with Gasteiger partial charge in [-0.25, -0.2) is 4.98 Å². The molecule has 5 heteroatoms. The van der Waals surface area contributed by atoms with Gasteiger partial charge >= 0.3 is 0 Å². The average Bonchev–Trinajstić information content (AvgIpc) is 2.97. The van der Waals surface area contributed by atoms with Crippen molar-refractivity contribution in [2.75, 3.05) is 5.32 Å². The smallest absolute Gasteiger partial charge is 0.257 e. The predicted octanol–water partition coefficient (Wildman–Crippen LogP) is 5.07. The van der Waals surface area contributed by atoms with Gasteiger partial charge in [0.1, 0.15) is 5.52 Å². The molecule has 0 bridgehead atoms. The largest absolute Gasteiger partial charge is 0.431 e. The maximum absolute atomic E-state index is 12.5. The van der Waals surface area contributed by atoms with Crippen molar-refractivity contribution < 1.29 is 9.21 Å². The van der Waals surface area contributed by atoms with Gasteiger partial charge in [-0.05, 0) is 36.6 Å². The first-order chi connectivity index (χ1) is 11.5. The lowest BCUT2D eigenvalue weighted by atomic mass is 10.0. The number of oxazole rings is 1. The zero-order valence-corrected chi connectivity index (χ0v) is 14.8. The number of para-hydroxylation sites is 3. The molecule has 124 valence electrons. The number of fused-ring (bicyclic) bond motifs is 1. The summed E-state index contributed by atoms with van der Waals surface area (Å²) in [4.78, 5) is 16.9. The van der Waals surface area contributed by atoms with Crippen LogP contribution in [0.2, 0.25) is 0 Å². The van der Waals surface area contributed by atoms with E-state index in [4.69, 9.17) is 4.42 Å². The fraction of sp³-hybridized carbons (Fsp3) is 0.263. The molecule has 0 spiro atoms. The third kappa shape index (κ3) is 3.62. The Bertz CT molecular complexity index is 824. The summed E-state index contributed by atoms with van der Waals surface area (Å²) in [5.74, 6) is 0.289. The van der Waals surface area contributed by atoms with E-state index in [-0.39, 0.29) is 11.2 Å². The van der Waals surface area contributed by atoms with E-state index in [9.17, 15) is 4.79 Å². The highest BCUT2D eigenvalue weighted by Crippen LogP contribution is 2.28. The summed E-state index contributed by atoms with van der Waals surface area (Å²) in [5.41, 5.74) is 3.53. The number of anilines is 1. The van der Waals surface area contributed by atoms with Crippen LogP contribution in [0.15, 0.2) is 58.2 Å². The highest BCUT2D eigenvalue weighted by molar-refractivity contribution is 8.00. The van der Waals surface area contributed by atoms with E-state index >= 15 is 0 Å². The predicted molar refractivity (Wildman–Crippen MR) is 98.5 cm³/mol. The van der Waals surface area contributed by atoms with E-state index in [0.717, 1.165) is 22.4 Å². The Morgan fingerprint density at radius 3 is 2.54 bits per heavy atom. The van der Waals surface area contributed by atoms with E-state index in [1.807, 2.05) is 55.5 Å². The first kappa shape index (κ1) is 16.6. The maximum Gasteiger partial charge on any atom is 0.257 e. The normalized spacial score (nSPS) is 12.5. The lowest BCUT2D eigenvalue weighted by Gasteiger charge is -2.15. The van der Waals surface area contributed by atoms with Crippen molar-refractivity contribution in [1.29, 1.82) is 0 Å². The summed E-state index contributed by atoms with van der Waals surface area (Å²) >= 11 is 1.32. The Balaban J connectivity index is 1.71. The minimum Gasteiger partial charge on any atom is -0.431 e. The number of nitrogens with one attached hydrogen (secondary N) is 1. The fourth-order valence-corrected chi connectivity index (χ4v) is 3.21. The van der Waals surface area contributed by atoms with Crippen LogP contribution in [0.1, 0.15) is 32.3 Å². The Hall–Kier alpha value is -2.27. The molecule has 3 aromatic rings. The van der Waals surface area contributed by atoms with E-state index < -0.39 is 0 Å². The zero-order valence-electron chi connectivity index (χ0n) is 13.9. The molecule has 1 atom stereocenters. The number of thioether (sulfide) groups is 1. The fourth-order valence-electron chi connectivity index (χ4n) is 2.45. The highest BCUT2D eigenvalue weighted by atomic mass is 32.2. The number of amides is 1. The number of aromatic nitrogens is 1. The molecule has 0 radical (unpaired) electrons. The second-order valence-corrected chi connectivity index (χ2v) is 7.23. The van der Waals surface area contributed by atoms with Gasteiger partial charge in [-0.3, -0.25) is 4.79 Å². The van der Waals surface area contributed by atoms with Gasteiger partial charge in [-0.2, -0.15) is 0 Å². The van der Waals surface area contributed by atoms with Crippen LogP contribution in [-0.2, 0) is 4.79 Å². The van der Waals surface area contributed by atoms with Crippen molar-refractivity contribution in [3.05, 3.63) is 54.1 Å². The Labute approximate surface area is 145 Å². The molecule has 2 aromatic carbocycles. The summed E-state index contributed by atoms with van der Waals surface area (Å²) in [5, 5.41) is 3.22. The SMILES string of the molecule is CC(Sc1nc2ccccc2o1)C(=O)Nc1ccccc1C(C)C. The van der Waals surface area contributed by atoms with E-state index in [0.29, 0.717) is 11.1 Å². The number of carbonyl (C=O) groups is 1. The summed E-state index contributed by atoms with van der Waals surface area (Å²) in [6.45, 7) is 6.08. The van der Waals surface area contributed by atoms with Crippen LogP contribution in [0.25, 0.3) is 11.1 Å². The third-order valence-electron chi connectivity index (χ3n) is 3.76. The van der Waals surface area contributed by atoms with Crippen LogP contribution < -0.4 is 5.32 Å². The van der Waals surface area contributed by atoms with Gasteiger partial charge in [0.05, 0.1) is 5.25 Å². The number of carbonyl (C=O) groups excluding carboxylic acids is 1. The second kappa shape index (κ2) is 7.09. The molecular formula is C19H20N2O2S. The van der Waals surface area contributed by atoms with Gasteiger partial charge in [0.15, 0.2) is 5.58 Å². The molecule has 1 aromatic heterocycles. The van der Waals surface area contributed by atoms with Crippen LogP contribution in [-0.4, -0.2) is 16.1 Å². The Morgan fingerprint density at radius 2 is 1.79 bits per heavy atom. The summed E-state index contributed by atoms with van der Waals surface area (Å²) < 4.78 is 5.67.